The van der Waals surface area contributed by atoms with Crippen LogP contribution in [0.3, 0.4) is 0 Å². The lowest BCUT2D eigenvalue weighted by molar-refractivity contribution is 0.317. The second-order valence-corrected chi connectivity index (χ2v) is 5.99. The summed E-state index contributed by atoms with van der Waals surface area (Å²) in [6.45, 7) is 2.16. The summed E-state index contributed by atoms with van der Waals surface area (Å²) >= 11 is 1.65. The Morgan fingerprint density at radius 1 is 1.32 bits per heavy atom. The minimum Gasteiger partial charge on any atom is -0.239 e. The molecule has 3 heteroatoms. The smallest absolute Gasteiger partial charge is 0.123 e. The van der Waals surface area contributed by atoms with Crippen LogP contribution in [0, 0.1) is 11.3 Å². The van der Waals surface area contributed by atoms with E-state index in [0.717, 1.165) is 41.9 Å². The van der Waals surface area contributed by atoms with Gasteiger partial charge in [0.15, 0.2) is 0 Å². The standard InChI is InChI=1S/C16H16N2S/c1-2-12-4-6-13(7-5-12)15-18-14(10-19-15)16(11-17)8-3-9-16/h4-7,10H,2-3,8-9H2,1H3. The van der Waals surface area contributed by atoms with Crippen LogP contribution in [0.15, 0.2) is 29.6 Å². The first-order chi connectivity index (χ1) is 9.27. The van der Waals surface area contributed by atoms with Crippen LogP contribution in [0.4, 0.5) is 0 Å². The van der Waals surface area contributed by atoms with Gasteiger partial charge in [-0.1, -0.05) is 31.2 Å². The first kappa shape index (κ1) is 12.4. The Bertz CT molecular complexity index is 615. The van der Waals surface area contributed by atoms with E-state index >= 15 is 0 Å². The predicted octanol–water partition coefficient (Wildman–Crippen LogP) is 4.32. The molecule has 0 amide bonds. The fraction of sp³-hybridized carbons (Fsp3) is 0.375. The molecule has 1 aliphatic carbocycles. The molecule has 1 fully saturated rings. The number of hydrogen-bond donors (Lipinski definition) is 0. The van der Waals surface area contributed by atoms with Gasteiger partial charge in [-0.15, -0.1) is 11.3 Å². The van der Waals surface area contributed by atoms with Gasteiger partial charge in [-0.2, -0.15) is 5.26 Å². The highest BCUT2D eigenvalue weighted by Crippen LogP contribution is 2.44. The monoisotopic (exact) mass is 268 g/mol. The molecule has 0 bridgehead atoms. The molecule has 1 aliphatic rings. The average molecular weight is 268 g/mol. The Morgan fingerprint density at radius 2 is 2.05 bits per heavy atom. The molecule has 2 nitrogen and oxygen atoms in total. The van der Waals surface area contributed by atoms with E-state index in [1.165, 1.54) is 5.56 Å². The van der Waals surface area contributed by atoms with Gasteiger partial charge in [-0.3, -0.25) is 0 Å². The minimum atomic E-state index is -0.294. The SMILES string of the molecule is CCc1ccc(-c2nc(C3(C#N)CCC3)cs2)cc1. The molecule has 1 aromatic carbocycles. The lowest BCUT2D eigenvalue weighted by Gasteiger charge is -2.33. The lowest BCUT2D eigenvalue weighted by Crippen LogP contribution is -2.32. The summed E-state index contributed by atoms with van der Waals surface area (Å²) in [6, 6.07) is 11.0. The van der Waals surface area contributed by atoms with Crippen molar-refractivity contribution in [1.29, 1.82) is 5.26 Å². The van der Waals surface area contributed by atoms with Crippen LogP contribution in [0.1, 0.15) is 37.4 Å². The first-order valence-corrected chi connectivity index (χ1v) is 7.62. The summed E-state index contributed by atoms with van der Waals surface area (Å²) in [6.07, 6.45) is 4.12. The van der Waals surface area contributed by atoms with E-state index < -0.39 is 0 Å². The zero-order chi connectivity index (χ0) is 13.3. The van der Waals surface area contributed by atoms with Crippen molar-refractivity contribution in [2.75, 3.05) is 0 Å². The van der Waals surface area contributed by atoms with Gasteiger partial charge < -0.3 is 0 Å². The van der Waals surface area contributed by atoms with Crippen molar-refractivity contribution in [2.24, 2.45) is 0 Å². The highest BCUT2D eigenvalue weighted by atomic mass is 32.1. The van der Waals surface area contributed by atoms with E-state index in [-0.39, 0.29) is 5.41 Å². The molecule has 0 radical (unpaired) electrons. The van der Waals surface area contributed by atoms with Gasteiger partial charge in [-0.25, -0.2) is 4.98 Å². The van der Waals surface area contributed by atoms with E-state index in [4.69, 9.17) is 4.98 Å². The van der Waals surface area contributed by atoms with Gasteiger partial charge in [0.2, 0.25) is 0 Å². The molecule has 2 aromatic rings. The third-order valence-electron chi connectivity index (χ3n) is 4.02. The highest BCUT2D eigenvalue weighted by molar-refractivity contribution is 7.13. The van der Waals surface area contributed by atoms with Crippen LogP contribution in [-0.4, -0.2) is 4.98 Å². The second kappa shape index (κ2) is 4.79. The van der Waals surface area contributed by atoms with Crippen molar-refractivity contribution in [3.63, 3.8) is 0 Å². The fourth-order valence-electron chi connectivity index (χ4n) is 2.46. The van der Waals surface area contributed by atoms with Crippen LogP contribution < -0.4 is 0 Å². The summed E-state index contributed by atoms with van der Waals surface area (Å²) in [5.74, 6) is 0. The van der Waals surface area contributed by atoms with Crippen molar-refractivity contribution in [3.8, 4) is 16.6 Å². The Balaban J connectivity index is 1.90. The maximum absolute atomic E-state index is 9.35. The molecule has 19 heavy (non-hydrogen) atoms. The lowest BCUT2D eigenvalue weighted by atomic mass is 9.68. The Morgan fingerprint density at radius 3 is 2.58 bits per heavy atom. The number of aromatic nitrogens is 1. The van der Waals surface area contributed by atoms with Crippen LogP contribution in [0.5, 0.6) is 0 Å². The largest absolute Gasteiger partial charge is 0.239 e. The summed E-state index contributed by atoms with van der Waals surface area (Å²) in [4.78, 5) is 4.70. The number of nitrogens with zero attached hydrogens (tertiary/aromatic N) is 2. The molecule has 0 saturated heterocycles. The molecular formula is C16H16N2S. The zero-order valence-corrected chi connectivity index (χ0v) is 11.8. The maximum atomic E-state index is 9.35. The third-order valence-corrected chi connectivity index (χ3v) is 4.92. The molecule has 0 atom stereocenters. The molecule has 3 rings (SSSR count). The number of aryl methyl sites for hydroxylation is 1. The fourth-order valence-corrected chi connectivity index (χ4v) is 3.39. The first-order valence-electron chi connectivity index (χ1n) is 6.74. The molecule has 1 saturated carbocycles. The predicted molar refractivity (Wildman–Crippen MR) is 78.1 cm³/mol. The molecule has 1 aromatic heterocycles. The van der Waals surface area contributed by atoms with Crippen LogP contribution >= 0.6 is 11.3 Å². The molecule has 0 N–H and O–H groups in total. The maximum Gasteiger partial charge on any atom is 0.123 e. The van der Waals surface area contributed by atoms with E-state index in [1.54, 1.807) is 11.3 Å². The van der Waals surface area contributed by atoms with Crippen molar-refractivity contribution in [1.82, 2.24) is 4.98 Å². The summed E-state index contributed by atoms with van der Waals surface area (Å²) in [7, 11) is 0. The number of nitriles is 1. The van der Waals surface area contributed by atoms with Gasteiger partial charge in [0.1, 0.15) is 10.4 Å². The zero-order valence-electron chi connectivity index (χ0n) is 11.0. The average Bonchev–Trinajstić information content (AvgIpc) is 2.88. The quantitative estimate of drug-likeness (QED) is 0.831. The number of benzene rings is 1. The molecule has 1 heterocycles. The summed E-state index contributed by atoms with van der Waals surface area (Å²) in [5, 5.41) is 12.4. The van der Waals surface area contributed by atoms with Gasteiger partial charge >= 0.3 is 0 Å². The Kier molecular flexibility index (Phi) is 3.12. The summed E-state index contributed by atoms with van der Waals surface area (Å²) in [5.41, 5.74) is 3.17. The highest BCUT2D eigenvalue weighted by Gasteiger charge is 2.41. The van der Waals surface area contributed by atoms with Crippen LogP contribution in [0.2, 0.25) is 0 Å². The van der Waals surface area contributed by atoms with E-state index in [1.807, 2.05) is 0 Å². The second-order valence-electron chi connectivity index (χ2n) is 5.14. The van der Waals surface area contributed by atoms with Crippen molar-refractivity contribution in [3.05, 3.63) is 40.9 Å². The van der Waals surface area contributed by atoms with E-state index in [2.05, 4.69) is 42.6 Å². The summed E-state index contributed by atoms with van der Waals surface area (Å²) < 4.78 is 0. The van der Waals surface area contributed by atoms with E-state index in [0.29, 0.717) is 0 Å². The van der Waals surface area contributed by atoms with Gasteiger partial charge in [-0.05, 0) is 31.2 Å². The van der Waals surface area contributed by atoms with Crippen LogP contribution in [0.25, 0.3) is 10.6 Å². The molecule has 0 unspecified atom stereocenters. The van der Waals surface area contributed by atoms with E-state index in [9.17, 15) is 5.26 Å². The normalized spacial score (nSPS) is 16.6. The Labute approximate surface area is 117 Å². The van der Waals surface area contributed by atoms with Crippen molar-refractivity contribution < 1.29 is 0 Å². The van der Waals surface area contributed by atoms with Crippen molar-refractivity contribution in [2.45, 2.75) is 38.0 Å². The molecule has 0 aliphatic heterocycles. The van der Waals surface area contributed by atoms with Gasteiger partial charge in [0, 0.05) is 10.9 Å². The van der Waals surface area contributed by atoms with Gasteiger partial charge in [0.25, 0.3) is 0 Å². The molecule has 0 spiro atoms. The molecule has 96 valence electrons. The van der Waals surface area contributed by atoms with Gasteiger partial charge in [0.05, 0.1) is 11.8 Å². The molecular weight excluding hydrogens is 252 g/mol. The third kappa shape index (κ3) is 2.06. The Hall–Kier alpha value is -1.66. The number of hydrogen-bond acceptors (Lipinski definition) is 3. The van der Waals surface area contributed by atoms with Crippen LogP contribution in [-0.2, 0) is 11.8 Å². The number of thiazole rings is 1. The van der Waals surface area contributed by atoms with Crippen molar-refractivity contribution >= 4 is 11.3 Å². The minimum absolute atomic E-state index is 0.294. The topological polar surface area (TPSA) is 36.7 Å². The number of rotatable bonds is 3.